The highest BCUT2D eigenvalue weighted by atomic mass is 35.5. The van der Waals surface area contributed by atoms with Gasteiger partial charge in [-0.25, -0.2) is 4.39 Å². The summed E-state index contributed by atoms with van der Waals surface area (Å²) in [5.41, 5.74) is 3.51. The van der Waals surface area contributed by atoms with Crippen molar-refractivity contribution in [3.8, 4) is 0 Å². The molecule has 1 amide bonds. The van der Waals surface area contributed by atoms with Crippen LogP contribution >= 0.6 is 11.6 Å². The second-order valence-corrected chi connectivity index (χ2v) is 6.02. The summed E-state index contributed by atoms with van der Waals surface area (Å²) in [6, 6.07) is 10.6. The lowest BCUT2D eigenvalue weighted by atomic mass is 9.97. The minimum atomic E-state index is -0.428. The van der Waals surface area contributed by atoms with Gasteiger partial charge in [0.1, 0.15) is 5.82 Å². The average molecular weight is 318 g/mol. The minimum Gasteiger partial charge on any atom is -0.312 e. The Morgan fingerprint density at radius 1 is 1.27 bits per heavy atom. The van der Waals surface area contributed by atoms with Gasteiger partial charge in [-0.05, 0) is 43.0 Å². The molecule has 1 aliphatic heterocycles. The van der Waals surface area contributed by atoms with E-state index in [1.54, 1.807) is 17.0 Å². The van der Waals surface area contributed by atoms with Gasteiger partial charge in [0.25, 0.3) is 0 Å². The van der Waals surface area contributed by atoms with Crippen LogP contribution in [0.2, 0.25) is 5.02 Å². The summed E-state index contributed by atoms with van der Waals surface area (Å²) < 4.78 is 13.9. The molecule has 0 aromatic heterocycles. The molecular weight excluding hydrogens is 301 g/mol. The number of hydrogen-bond acceptors (Lipinski definition) is 1. The summed E-state index contributed by atoms with van der Waals surface area (Å²) in [7, 11) is 0. The predicted octanol–water partition coefficient (Wildman–Crippen LogP) is 4.31. The lowest BCUT2D eigenvalue weighted by Gasteiger charge is -2.31. The Balaban J connectivity index is 1.92. The minimum absolute atomic E-state index is 0.0146. The first-order valence-electron chi connectivity index (χ1n) is 7.39. The lowest BCUT2D eigenvalue weighted by molar-refractivity contribution is -0.118. The third-order valence-electron chi connectivity index (χ3n) is 4.11. The first kappa shape index (κ1) is 15.0. The van der Waals surface area contributed by atoms with Gasteiger partial charge < -0.3 is 4.90 Å². The number of rotatable bonds is 2. The van der Waals surface area contributed by atoms with Crippen LogP contribution in [0.1, 0.15) is 23.1 Å². The van der Waals surface area contributed by atoms with Crippen molar-refractivity contribution in [2.75, 3.05) is 11.4 Å². The summed E-state index contributed by atoms with van der Waals surface area (Å²) >= 11 is 6.03. The largest absolute Gasteiger partial charge is 0.312 e. The fourth-order valence-electron chi connectivity index (χ4n) is 3.04. The predicted molar refractivity (Wildman–Crippen MR) is 87.0 cm³/mol. The maximum absolute atomic E-state index is 13.9. The molecular formula is C18H17ClFNO. The molecule has 0 spiro atoms. The van der Waals surface area contributed by atoms with E-state index in [4.69, 9.17) is 11.6 Å². The van der Waals surface area contributed by atoms with Gasteiger partial charge in [-0.15, -0.1) is 0 Å². The number of carbonyl (C=O) groups is 1. The van der Waals surface area contributed by atoms with Crippen LogP contribution in [0.4, 0.5) is 10.1 Å². The monoisotopic (exact) mass is 317 g/mol. The van der Waals surface area contributed by atoms with Crippen LogP contribution in [0, 0.1) is 12.7 Å². The number of aryl methyl sites for hydroxylation is 2. The van der Waals surface area contributed by atoms with E-state index in [1.807, 2.05) is 19.1 Å². The van der Waals surface area contributed by atoms with E-state index < -0.39 is 5.82 Å². The van der Waals surface area contributed by atoms with Gasteiger partial charge in [0.2, 0.25) is 5.91 Å². The molecule has 0 bridgehead atoms. The number of carbonyl (C=O) groups excluding carboxylic acids is 1. The molecule has 3 rings (SSSR count). The molecule has 114 valence electrons. The number of benzene rings is 2. The molecule has 0 N–H and O–H groups in total. The van der Waals surface area contributed by atoms with Gasteiger partial charge in [0.15, 0.2) is 0 Å². The maximum Gasteiger partial charge on any atom is 0.231 e. The zero-order chi connectivity index (χ0) is 15.7. The van der Waals surface area contributed by atoms with Gasteiger partial charge >= 0.3 is 0 Å². The summed E-state index contributed by atoms with van der Waals surface area (Å²) in [5.74, 6) is -0.537. The van der Waals surface area contributed by atoms with Crippen molar-refractivity contribution in [1.29, 1.82) is 0 Å². The molecule has 2 aromatic carbocycles. The number of hydrogen-bond donors (Lipinski definition) is 0. The number of amides is 1. The van der Waals surface area contributed by atoms with Gasteiger partial charge in [0.05, 0.1) is 6.42 Å². The van der Waals surface area contributed by atoms with E-state index in [-0.39, 0.29) is 17.9 Å². The second kappa shape index (κ2) is 6.09. The van der Waals surface area contributed by atoms with Crippen LogP contribution < -0.4 is 4.90 Å². The van der Waals surface area contributed by atoms with Crippen LogP contribution in [0.5, 0.6) is 0 Å². The number of fused-ring (bicyclic) bond motifs is 1. The molecule has 0 saturated heterocycles. The van der Waals surface area contributed by atoms with Crippen LogP contribution in [0.15, 0.2) is 36.4 Å². The molecule has 0 unspecified atom stereocenters. The third kappa shape index (κ3) is 2.73. The van der Waals surface area contributed by atoms with E-state index in [9.17, 15) is 9.18 Å². The Hall–Kier alpha value is -1.87. The Morgan fingerprint density at radius 3 is 2.82 bits per heavy atom. The van der Waals surface area contributed by atoms with Crippen LogP contribution in [0.3, 0.4) is 0 Å². The number of nitrogens with zero attached hydrogens (tertiary/aromatic N) is 1. The van der Waals surface area contributed by atoms with E-state index >= 15 is 0 Å². The molecule has 1 heterocycles. The molecule has 0 atom stereocenters. The molecule has 22 heavy (non-hydrogen) atoms. The molecule has 0 fully saturated rings. The Labute approximate surface area is 134 Å². The Morgan fingerprint density at radius 2 is 2.05 bits per heavy atom. The Kier molecular flexibility index (Phi) is 4.16. The standard InChI is InChI=1S/C18H17ClFNO/c1-12-5-2-6-13-7-4-10-21(18(12)13)17(22)11-14-15(19)8-3-9-16(14)20/h2-3,5-6,8-9H,4,7,10-11H2,1H3. The van der Waals surface area contributed by atoms with Crippen LogP contribution in [-0.2, 0) is 17.6 Å². The normalized spacial score (nSPS) is 13.9. The summed E-state index contributed by atoms with van der Waals surface area (Å²) in [5, 5.41) is 0.301. The number of anilines is 1. The second-order valence-electron chi connectivity index (χ2n) is 5.61. The van der Waals surface area contributed by atoms with Gasteiger partial charge in [0, 0.05) is 22.8 Å². The molecule has 0 aliphatic carbocycles. The van der Waals surface area contributed by atoms with Crippen molar-refractivity contribution in [3.63, 3.8) is 0 Å². The molecule has 0 saturated carbocycles. The quantitative estimate of drug-likeness (QED) is 0.808. The van der Waals surface area contributed by atoms with Crippen molar-refractivity contribution in [2.45, 2.75) is 26.2 Å². The first-order chi connectivity index (χ1) is 10.6. The fraction of sp³-hybridized carbons (Fsp3) is 0.278. The maximum atomic E-state index is 13.9. The van der Waals surface area contributed by atoms with E-state index in [0.717, 1.165) is 24.1 Å². The summed E-state index contributed by atoms with van der Waals surface area (Å²) in [4.78, 5) is 14.5. The van der Waals surface area contributed by atoms with Crippen molar-refractivity contribution in [2.24, 2.45) is 0 Å². The van der Waals surface area contributed by atoms with E-state index in [0.29, 0.717) is 11.6 Å². The SMILES string of the molecule is Cc1cccc2c1N(C(=O)Cc1c(F)cccc1Cl)CCC2. The summed E-state index contributed by atoms with van der Waals surface area (Å²) in [6.45, 7) is 2.67. The van der Waals surface area contributed by atoms with Gasteiger partial charge in [-0.2, -0.15) is 0 Å². The lowest BCUT2D eigenvalue weighted by Crippen LogP contribution is -2.37. The molecule has 0 radical (unpaired) electrons. The zero-order valence-electron chi connectivity index (χ0n) is 12.4. The Bertz CT molecular complexity index is 709. The highest BCUT2D eigenvalue weighted by molar-refractivity contribution is 6.31. The highest BCUT2D eigenvalue weighted by Gasteiger charge is 2.25. The van der Waals surface area contributed by atoms with Crippen molar-refractivity contribution in [3.05, 3.63) is 63.9 Å². The molecule has 4 heteroatoms. The third-order valence-corrected chi connectivity index (χ3v) is 4.46. The van der Waals surface area contributed by atoms with Crippen LogP contribution in [0.25, 0.3) is 0 Å². The topological polar surface area (TPSA) is 20.3 Å². The fourth-order valence-corrected chi connectivity index (χ4v) is 3.27. The number of halogens is 2. The van der Waals surface area contributed by atoms with E-state index in [1.165, 1.54) is 11.6 Å². The van der Waals surface area contributed by atoms with Crippen molar-refractivity contribution < 1.29 is 9.18 Å². The van der Waals surface area contributed by atoms with Gasteiger partial charge in [-0.3, -0.25) is 4.79 Å². The average Bonchev–Trinajstić information content (AvgIpc) is 2.50. The molecule has 1 aliphatic rings. The summed E-state index contributed by atoms with van der Waals surface area (Å²) in [6.07, 6.45) is 1.88. The number of para-hydroxylation sites is 1. The van der Waals surface area contributed by atoms with Crippen molar-refractivity contribution >= 4 is 23.2 Å². The first-order valence-corrected chi connectivity index (χ1v) is 7.77. The van der Waals surface area contributed by atoms with Crippen molar-refractivity contribution in [1.82, 2.24) is 0 Å². The highest BCUT2D eigenvalue weighted by Crippen LogP contribution is 2.31. The zero-order valence-corrected chi connectivity index (χ0v) is 13.2. The molecule has 2 aromatic rings. The molecule has 2 nitrogen and oxygen atoms in total. The smallest absolute Gasteiger partial charge is 0.231 e. The van der Waals surface area contributed by atoms with E-state index in [2.05, 4.69) is 6.07 Å². The van der Waals surface area contributed by atoms with Gasteiger partial charge in [-0.1, -0.05) is 35.9 Å². The van der Waals surface area contributed by atoms with Crippen LogP contribution in [-0.4, -0.2) is 12.5 Å².